The van der Waals surface area contributed by atoms with E-state index in [2.05, 4.69) is 5.10 Å². The van der Waals surface area contributed by atoms with Crippen molar-refractivity contribution in [1.82, 2.24) is 9.78 Å². The second-order valence-electron chi connectivity index (χ2n) is 2.39. The highest BCUT2D eigenvalue weighted by molar-refractivity contribution is 6.31. The number of halogens is 2. The van der Waals surface area contributed by atoms with Crippen LogP contribution in [-0.2, 0) is 6.54 Å². The van der Waals surface area contributed by atoms with Gasteiger partial charge in [0.1, 0.15) is 0 Å². The van der Waals surface area contributed by atoms with Crippen LogP contribution >= 0.6 is 23.2 Å². The summed E-state index contributed by atoms with van der Waals surface area (Å²) < 4.78 is 1.82. The molecule has 12 heavy (non-hydrogen) atoms. The molecule has 0 saturated heterocycles. The number of nitrogens with zero attached hydrogens (tertiary/aromatic N) is 2. The third-order valence-corrected chi connectivity index (χ3v) is 2.13. The molecule has 0 fully saturated rings. The maximum Gasteiger partial charge on any atom is 0.0815 e. The molecule has 0 N–H and O–H groups in total. The van der Waals surface area contributed by atoms with Crippen LogP contribution in [0.2, 0.25) is 5.02 Å². The highest BCUT2D eigenvalue weighted by Gasteiger charge is 2.00. The van der Waals surface area contributed by atoms with Gasteiger partial charge in [0.15, 0.2) is 0 Å². The minimum atomic E-state index is 0.536. The average Bonchev–Trinajstić information content (AvgIpc) is 2.36. The van der Waals surface area contributed by atoms with Gasteiger partial charge in [-0.1, -0.05) is 23.8 Å². The summed E-state index contributed by atoms with van der Waals surface area (Å²) in [5.74, 6) is 0.536. The van der Waals surface area contributed by atoms with Gasteiger partial charge in [0.25, 0.3) is 0 Å². The van der Waals surface area contributed by atoms with E-state index < -0.39 is 0 Å². The molecule has 0 radical (unpaired) electrons. The standard InChI is InChI=1S/C8H10Cl2N2/c1-7-8(10)6-11-12(7)5-3-2-4-9/h2-3,6H,4-5H2,1H3. The minimum absolute atomic E-state index is 0.536. The quantitative estimate of drug-likeness (QED) is 0.547. The second kappa shape index (κ2) is 4.53. The van der Waals surface area contributed by atoms with Crippen LogP contribution in [0, 0.1) is 6.92 Å². The largest absolute Gasteiger partial charge is 0.265 e. The van der Waals surface area contributed by atoms with Gasteiger partial charge in [-0.25, -0.2) is 0 Å². The molecule has 0 aliphatic heterocycles. The Balaban J connectivity index is 2.63. The third-order valence-electron chi connectivity index (χ3n) is 1.58. The molecule has 4 heteroatoms. The first-order valence-corrected chi connectivity index (χ1v) is 4.56. The van der Waals surface area contributed by atoms with Crippen molar-refractivity contribution in [2.24, 2.45) is 0 Å². The summed E-state index contributed by atoms with van der Waals surface area (Å²) in [5.41, 5.74) is 0.982. The predicted molar refractivity (Wildman–Crippen MR) is 51.8 cm³/mol. The molecular formula is C8H10Cl2N2. The van der Waals surface area contributed by atoms with Crippen molar-refractivity contribution in [1.29, 1.82) is 0 Å². The summed E-state index contributed by atoms with van der Waals surface area (Å²) in [7, 11) is 0. The van der Waals surface area contributed by atoms with Gasteiger partial charge in [0, 0.05) is 5.88 Å². The number of aromatic nitrogens is 2. The molecule has 0 unspecified atom stereocenters. The Morgan fingerprint density at radius 1 is 1.58 bits per heavy atom. The van der Waals surface area contributed by atoms with E-state index in [-0.39, 0.29) is 0 Å². The summed E-state index contributed by atoms with van der Waals surface area (Å²) in [6, 6.07) is 0. The molecule has 1 aromatic rings. The molecule has 66 valence electrons. The molecule has 0 bridgehead atoms. The van der Waals surface area contributed by atoms with Crippen LogP contribution in [0.5, 0.6) is 0 Å². The van der Waals surface area contributed by atoms with E-state index >= 15 is 0 Å². The first-order valence-electron chi connectivity index (χ1n) is 3.64. The average molecular weight is 205 g/mol. The van der Waals surface area contributed by atoms with Crippen molar-refractivity contribution in [3.05, 3.63) is 29.1 Å². The van der Waals surface area contributed by atoms with E-state index in [0.29, 0.717) is 10.9 Å². The molecule has 0 atom stereocenters. The van der Waals surface area contributed by atoms with E-state index in [4.69, 9.17) is 23.2 Å². The number of allylic oxidation sites excluding steroid dienone is 2. The molecule has 1 heterocycles. The van der Waals surface area contributed by atoms with Crippen LogP contribution in [0.1, 0.15) is 5.69 Å². The fraction of sp³-hybridized carbons (Fsp3) is 0.375. The highest BCUT2D eigenvalue weighted by atomic mass is 35.5. The lowest BCUT2D eigenvalue weighted by molar-refractivity contribution is 0.678. The Labute approximate surface area is 81.8 Å². The van der Waals surface area contributed by atoms with Crippen LogP contribution in [0.3, 0.4) is 0 Å². The van der Waals surface area contributed by atoms with E-state index in [1.165, 1.54) is 0 Å². The van der Waals surface area contributed by atoms with Crippen LogP contribution in [0.25, 0.3) is 0 Å². The van der Waals surface area contributed by atoms with Crippen molar-refractivity contribution >= 4 is 23.2 Å². The van der Waals surface area contributed by atoms with Crippen molar-refractivity contribution in [2.45, 2.75) is 13.5 Å². The maximum atomic E-state index is 5.81. The van der Waals surface area contributed by atoms with Crippen molar-refractivity contribution in [3.63, 3.8) is 0 Å². The van der Waals surface area contributed by atoms with Crippen LogP contribution in [-0.4, -0.2) is 15.7 Å². The number of hydrogen-bond donors (Lipinski definition) is 0. The lowest BCUT2D eigenvalue weighted by Gasteiger charge is -1.98. The van der Waals surface area contributed by atoms with Crippen LogP contribution < -0.4 is 0 Å². The van der Waals surface area contributed by atoms with Gasteiger partial charge in [-0.2, -0.15) is 5.10 Å². The third kappa shape index (κ3) is 2.26. The zero-order chi connectivity index (χ0) is 8.97. The van der Waals surface area contributed by atoms with E-state index in [1.54, 1.807) is 6.20 Å². The highest BCUT2D eigenvalue weighted by Crippen LogP contribution is 2.12. The lowest BCUT2D eigenvalue weighted by atomic mass is 10.4. The molecule has 0 spiro atoms. The topological polar surface area (TPSA) is 17.8 Å². The van der Waals surface area contributed by atoms with E-state index in [0.717, 1.165) is 12.2 Å². The SMILES string of the molecule is Cc1c(Cl)cnn1CC=CCCl. The fourth-order valence-corrected chi connectivity index (χ4v) is 1.11. The minimum Gasteiger partial charge on any atom is -0.265 e. The summed E-state index contributed by atoms with van der Waals surface area (Å²) in [5, 5.41) is 4.78. The molecule has 0 amide bonds. The van der Waals surface area contributed by atoms with Gasteiger partial charge in [0.2, 0.25) is 0 Å². The molecule has 0 saturated carbocycles. The van der Waals surface area contributed by atoms with Gasteiger partial charge < -0.3 is 0 Å². The summed E-state index contributed by atoms with van der Waals surface area (Å²) in [4.78, 5) is 0. The van der Waals surface area contributed by atoms with Crippen LogP contribution in [0.4, 0.5) is 0 Å². The zero-order valence-electron chi connectivity index (χ0n) is 6.80. The first kappa shape index (κ1) is 9.62. The number of rotatable bonds is 3. The summed E-state index contributed by atoms with van der Waals surface area (Å²) in [6.45, 7) is 2.66. The van der Waals surface area contributed by atoms with E-state index in [9.17, 15) is 0 Å². The molecule has 2 nitrogen and oxygen atoms in total. The van der Waals surface area contributed by atoms with Gasteiger partial charge in [-0.05, 0) is 6.92 Å². The number of hydrogen-bond acceptors (Lipinski definition) is 1. The Morgan fingerprint density at radius 2 is 2.33 bits per heavy atom. The molecule has 0 aromatic carbocycles. The number of alkyl halides is 1. The predicted octanol–water partition coefficient (Wildman–Crippen LogP) is 2.64. The van der Waals surface area contributed by atoms with Gasteiger partial charge >= 0.3 is 0 Å². The molecule has 0 aliphatic rings. The van der Waals surface area contributed by atoms with Crippen molar-refractivity contribution < 1.29 is 0 Å². The normalized spacial score (nSPS) is 11.2. The molecule has 1 rings (SSSR count). The van der Waals surface area contributed by atoms with Gasteiger partial charge in [-0.3, -0.25) is 4.68 Å². The maximum absolute atomic E-state index is 5.81. The Bertz CT molecular complexity index is 279. The molecule has 1 aromatic heterocycles. The smallest absolute Gasteiger partial charge is 0.0815 e. The summed E-state index contributed by atoms with van der Waals surface area (Å²) in [6.07, 6.45) is 5.49. The molecular weight excluding hydrogens is 195 g/mol. The van der Waals surface area contributed by atoms with Crippen molar-refractivity contribution in [3.8, 4) is 0 Å². The van der Waals surface area contributed by atoms with Crippen LogP contribution in [0.15, 0.2) is 18.3 Å². The molecule has 0 aliphatic carbocycles. The Morgan fingerprint density at radius 3 is 2.83 bits per heavy atom. The van der Waals surface area contributed by atoms with Gasteiger partial charge in [-0.15, -0.1) is 11.6 Å². The first-order chi connectivity index (χ1) is 5.75. The Kier molecular flexibility index (Phi) is 3.63. The van der Waals surface area contributed by atoms with Crippen molar-refractivity contribution in [2.75, 3.05) is 5.88 Å². The second-order valence-corrected chi connectivity index (χ2v) is 3.10. The lowest BCUT2D eigenvalue weighted by Crippen LogP contribution is -1.99. The summed E-state index contributed by atoms with van der Waals surface area (Å²) >= 11 is 11.3. The Hall–Kier alpha value is -0.470. The van der Waals surface area contributed by atoms with E-state index in [1.807, 2.05) is 23.8 Å². The fourth-order valence-electron chi connectivity index (χ4n) is 0.845. The zero-order valence-corrected chi connectivity index (χ0v) is 8.31. The van der Waals surface area contributed by atoms with Gasteiger partial charge in [0.05, 0.1) is 23.5 Å². The monoisotopic (exact) mass is 204 g/mol.